The van der Waals surface area contributed by atoms with Gasteiger partial charge in [0.2, 0.25) is 0 Å². The number of nitrogens with one attached hydrogen (secondary N) is 1. The van der Waals surface area contributed by atoms with Gasteiger partial charge in [0.1, 0.15) is 0 Å². The van der Waals surface area contributed by atoms with Crippen LogP contribution in [0.4, 0.5) is 5.13 Å². The second kappa shape index (κ2) is 8.87. The van der Waals surface area contributed by atoms with Crippen LogP contribution in [0.1, 0.15) is 17.4 Å². The van der Waals surface area contributed by atoms with Crippen molar-refractivity contribution in [3.63, 3.8) is 0 Å². The van der Waals surface area contributed by atoms with Crippen molar-refractivity contribution in [2.24, 2.45) is 0 Å². The number of esters is 1. The first-order valence-corrected chi connectivity index (χ1v) is 9.90. The first-order chi connectivity index (χ1) is 13.4. The van der Waals surface area contributed by atoms with Crippen LogP contribution in [0.2, 0.25) is 15.1 Å². The Kier molecular flexibility index (Phi) is 6.51. The largest absolute Gasteiger partial charge is 0.448 e. The van der Waals surface area contributed by atoms with Crippen LogP contribution in [-0.2, 0) is 9.53 Å². The van der Waals surface area contributed by atoms with Gasteiger partial charge in [0, 0.05) is 17.1 Å². The van der Waals surface area contributed by atoms with E-state index in [1.165, 1.54) is 24.5 Å². The number of nitrogens with zero attached hydrogens (tertiary/aromatic N) is 2. The van der Waals surface area contributed by atoms with Gasteiger partial charge in [-0.2, -0.15) is 0 Å². The number of amides is 1. The number of pyridine rings is 1. The van der Waals surface area contributed by atoms with E-state index in [4.69, 9.17) is 39.5 Å². The van der Waals surface area contributed by atoms with Crippen molar-refractivity contribution in [2.45, 2.75) is 13.0 Å². The van der Waals surface area contributed by atoms with Gasteiger partial charge in [0.05, 0.1) is 20.8 Å². The maximum absolute atomic E-state index is 12.3. The lowest BCUT2D eigenvalue weighted by Gasteiger charge is -2.13. The lowest BCUT2D eigenvalue weighted by Crippen LogP contribution is -2.30. The number of ether oxygens (including phenoxy) is 1. The van der Waals surface area contributed by atoms with E-state index in [0.717, 1.165) is 11.3 Å². The molecule has 0 aliphatic carbocycles. The van der Waals surface area contributed by atoms with Crippen LogP contribution < -0.4 is 5.32 Å². The number of anilines is 1. The van der Waals surface area contributed by atoms with Gasteiger partial charge >= 0.3 is 5.97 Å². The molecule has 1 amide bonds. The van der Waals surface area contributed by atoms with Gasteiger partial charge in [-0.3, -0.25) is 10.1 Å². The molecule has 0 aliphatic rings. The average molecular weight is 457 g/mol. The number of carbonyl (C=O) groups excluding carboxylic acids is 2. The maximum Gasteiger partial charge on any atom is 0.359 e. The highest BCUT2D eigenvalue weighted by Gasteiger charge is 2.24. The molecule has 0 fully saturated rings. The minimum atomic E-state index is -1.11. The minimum Gasteiger partial charge on any atom is -0.448 e. The fraction of sp³-hybridized carbons (Fsp3) is 0.111. The molecule has 0 spiro atoms. The SMILES string of the molecule is CC(OC(=O)c1ncc(Cl)c(Cl)c1Cl)C(=O)Nc1nc(-c2ccccc2)cs1. The minimum absolute atomic E-state index is 0.0152. The predicted octanol–water partition coefficient (Wildman–Crippen LogP) is 5.35. The van der Waals surface area contributed by atoms with Gasteiger partial charge in [-0.25, -0.2) is 14.8 Å². The number of aromatic nitrogens is 2. The van der Waals surface area contributed by atoms with Gasteiger partial charge in [0.15, 0.2) is 16.9 Å². The normalized spacial score (nSPS) is 11.7. The molecule has 0 saturated carbocycles. The fourth-order valence-corrected chi connectivity index (χ4v) is 3.42. The molecule has 1 atom stereocenters. The molecule has 0 bridgehead atoms. The molecule has 3 rings (SSSR count). The first-order valence-electron chi connectivity index (χ1n) is 7.89. The highest BCUT2D eigenvalue weighted by Crippen LogP contribution is 2.31. The van der Waals surface area contributed by atoms with Crippen molar-refractivity contribution in [3.8, 4) is 11.3 Å². The van der Waals surface area contributed by atoms with E-state index in [1.54, 1.807) is 0 Å². The smallest absolute Gasteiger partial charge is 0.359 e. The van der Waals surface area contributed by atoms with Crippen LogP contribution in [0.5, 0.6) is 0 Å². The quantitative estimate of drug-likeness (QED) is 0.523. The Bertz CT molecular complexity index is 1030. The summed E-state index contributed by atoms with van der Waals surface area (Å²) >= 11 is 18.9. The molecule has 6 nitrogen and oxygen atoms in total. The lowest BCUT2D eigenvalue weighted by molar-refractivity contribution is -0.123. The molecule has 0 aliphatic heterocycles. The summed E-state index contributed by atoms with van der Waals surface area (Å²) in [4.78, 5) is 32.7. The van der Waals surface area contributed by atoms with Crippen LogP contribution >= 0.6 is 46.1 Å². The van der Waals surface area contributed by atoms with Gasteiger partial charge in [0.25, 0.3) is 5.91 Å². The second-order valence-corrected chi connectivity index (χ2v) is 7.54. The van der Waals surface area contributed by atoms with E-state index >= 15 is 0 Å². The molecule has 28 heavy (non-hydrogen) atoms. The highest BCUT2D eigenvalue weighted by atomic mass is 35.5. The highest BCUT2D eigenvalue weighted by molar-refractivity contribution is 7.14. The number of hydrogen-bond donors (Lipinski definition) is 1. The Balaban J connectivity index is 1.64. The summed E-state index contributed by atoms with van der Waals surface area (Å²) in [6.07, 6.45) is 0.0708. The molecule has 3 aromatic rings. The lowest BCUT2D eigenvalue weighted by atomic mass is 10.2. The number of halogens is 3. The molecule has 1 aromatic carbocycles. The van der Waals surface area contributed by atoms with Crippen molar-refractivity contribution in [1.82, 2.24) is 9.97 Å². The zero-order chi connectivity index (χ0) is 20.3. The number of thiazole rings is 1. The molecular formula is C18H12Cl3N3O3S. The fourth-order valence-electron chi connectivity index (χ4n) is 2.14. The van der Waals surface area contributed by atoms with E-state index in [2.05, 4.69) is 15.3 Å². The zero-order valence-corrected chi connectivity index (χ0v) is 17.4. The second-order valence-electron chi connectivity index (χ2n) is 5.52. The molecule has 1 unspecified atom stereocenters. The monoisotopic (exact) mass is 455 g/mol. The Morgan fingerprint density at radius 1 is 1.14 bits per heavy atom. The van der Waals surface area contributed by atoms with Crippen LogP contribution in [-0.4, -0.2) is 27.9 Å². The predicted molar refractivity (Wildman–Crippen MR) is 110 cm³/mol. The summed E-state index contributed by atoms with van der Waals surface area (Å²) < 4.78 is 5.11. The molecule has 0 radical (unpaired) electrons. The van der Waals surface area contributed by atoms with Gasteiger partial charge in [-0.05, 0) is 6.92 Å². The van der Waals surface area contributed by atoms with Crippen LogP contribution in [0, 0.1) is 0 Å². The average Bonchev–Trinajstić information content (AvgIpc) is 3.15. The van der Waals surface area contributed by atoms with E-state index < -0.39 is 18.0 Å². The summed E-state index contributed by atoms with van der Waals surface area (Å²) in [6.45, 7) is 1.42. The maximum atomic E-state index is 12.3. The van der Waals surface area contributed by atoms with Crippen LogP contribution in [0.3, 0.4) is 0 Å². The molecule has 1 N–H and O–H groups in total. The zero-order valence-electron chi connectivity index (χ0n) is 14.3. The summed E-state index contributed by atoms with van der Waals surface area (Å²) in [7, 11) is 0. The molecule has 0 saturated heterocycles. The standard InChI is InChI=1S/C18H12Cl3N3O3S/c1-9(27-17(26)15-14(21)13(20)11(19)7-22-15)16(25)24-18-23-12(8-28-18)10-5-3-2-4-6-10/h2-9H,1H3,(H,23,24,25). The third-order valence-corrected chi connectivity index (χ3v) is 5.57. The van der Waals surface area contributed by atoms with E-state index in [0.29, 0.717) is 5.13 Å². The van der Waals surface area contributed by atoms with Crippen LogP contribution in [0.25, 0.3) is 11.3 Å². The Hall–Kier alpha value is -2.19. The molecule has 144 valence electrons. The molecule has 10 heteroatoms. The van der Waals surface area contributed by atoms with Crippen LogP contribution in [0.15, 0.2) is 41.9 Å². The van der Waals surface area contributed by atoms with E-state index in [1.807, 2.05) is 35.7 Å². The third-order valence-electron chi connectivity index (χ3n) is 3.57. The Morgan fingerprint density at radius 2 is 1.86 bits per heavy atom. The number of hydrogen-bond acceptors (Lipinski definition) is 6. The van der Waals surface area contributed by atoms with Crippen molar-refractivity contribution in [1.29, 1.82) is 0 Å². The summed E-state index contributed by atoms with van der Waals surface area (Å²) in [5, 5.41) is 4.77. The number of carbonyl (C=O) groups is 2. The number of rotatable bonds is 5. The van der Waals surface area contributed by atoms with Gasteiger partial charge < -0.3 is 4.74 Å². The van der Waals surface area contributed by atoms with E-state index in [9.17, 15) is 9.59 Å². The number of benzene rings is 1. The van der Waals surface area contributed by atoms with Crippen molar-refractivity contribution >= 4 is 63.1 Å². The molecular weight excluding hydrogens is 445 g/mol. The topological polar surface area (TPSA) is 81.2 Å². The summed E-state index contributed by atoms with van der Waals surface area (Å²) in [5.41, 5.74) is 1.44. The third kappa shape index (κ3) is 4.62. The van der Waals surface area contributed by atoms with Crippen molar-refractivity contribution in [3.05, 3.63) is 62.7 Å². The Morgan fingerprint density at radius 3 is 2.57 bits per heavy atom. The summed E-state index contributed by atoms with van der Waals surface area (Å²) in [5.74, 6) is -1.44. The molecule has 2 heterocycles. The van der Waals surface area contributed by atoms with Crippen molar-refractivity contribution < 1.29 is 14.3 Å². The molecule has 2 aromatic heterocycles. The summed E-state index contributed by atoms with van der Waals surface area (Å²) in [6, 6.07) is 9.54. The van der Waals surface area contributed by atoms with Gasteiger partial charge in [-0.15, -0.1) is 11.3 Å². The van der Waals surface area contributed by atoms with E-state index in [-0.39, 0.29) is 20.8 Å². The van der Waals surface area contributed by atoms with Gasteiger partial charge in [-0.1, -0.05) is 65.1 Å². The first kappa shape index (κ1) is 20.5. The Labute approximate surface area is 179 Å². The van der Waals surface area contributed by atoms with Crippen molar-refractivity contribution in [2.75, 3.05) is 5.32 Å².